The van der Waals surface area contributed by atoms with Gasteiger partial charge in [0.1, 0.15) is 11.3 Å². The molecule has 1 fully saturated rings. The molecule has 0 unspecified atom stereocenters. The Bertz CT molecular complexity index is 1900. The van der Waals surface area contributed by atoms with Gasteiger partial charge in [-0.05, 0) is 55.8 Å². The van der Waals surface area contributed by atoms with Crippen LogP contribution in [0.5, 0.6) is 5.75 Å². The fourth-order valence-corrected chi connectivity index (χ4v) is 10.8. The Labute approximate surface area is 299 Å². The van der Waals surface area contributed by atoms with Crippen LogP contribution in [0.25, 0.3) is 11.0 Å². The number of dihydropyridines is 1. The number of hydrogen-bond acceptors (Lipinski definition) is 12. The van der Waals surface area contributed by atoms with Gasteiger partial charge in [-0.1, -0.05) is 39.3 Å². The molecule has 266 valence electrons. The maximum atomic E-state index is 14.0. The number of nitrogens with one attached hydrogen (secondary N) is 2. The zero-order valence-electron chi connectivity index (χ0n) is 28.6. The van der Waals surface area contributed by atoms with Gasteiger partial charge in [0.05, 0.1) is 18.2 Å². The quantitative estimate of drug-likeness (QED) is 0.113. The number of aliphatic hydroxyl groups excluding tert-OH is 1. The predicted octanol–water partition coefficient (Wildman–Crippen LogP) is 3.58. The molecular weight excluding hydrogens is 677 g/mol. The Balaban J connectivity index is 1.38. The van der Waals surface area contributed by atoms with E-state index in [4.69, 9.17) is 19.6 Å². The van der Waals surface area contributed by atoms with Crippen molar-refractivity contribution in [2.75, 3.05) is 44.8 Å². The van der Waals surface area contributed by atoms with Crippen LogP contribution >= 0.6 is 21.6 Å². The van der Waals surface area contributed by atoms with Gasteiger partial charge in [-0.3, -0.25) is 4.79 Å². The van der Waals surface area contributed by atoms with Crippen LogP contribution in [-0.4, -0.2) is 83.9 Å². The minimum absolute atomic E-state index is 0.0832. The molecule has 0 radical (unpaired) electrons. The summed E-state index contributed by atoms with van der Waals surface area (Å²) in [4.78, 5) is 42.0. The summed E-state index contributed by atoms with van der Waals surface area (Å²) < 4.78 is 19.3. The van der Waals surface area contributed by atoms with Crippen LogP contribution in [0.2, 0.25) is 0 Å². The number of benzene rings is 1. The molecule has 1 saturated heterocycles. The Morgan fingerprint density at radius 1 is 1.28 bits per heavy atom. The van der Waals surface area contributed by atoms with Crippen molar-refractivity contribution < 1.29 is 28.6 Å². The minimum Gasteiger partial charge on any atom is -0.481 e. The fraction of sp³-hybridized carbons (Fsp3) is 0.486. The summed E-state index contributed by atoms with van der Waals surface area (Å²) in [5.74, 6) is 2.09. The largest absolute Gasteiger partial charge is 0.481 e. The molecule has 1 spiro atoms. The Morgan fingerprint density at radius 3 is 2.90 bits per heavy atom. The number of allylic oxidation sites excluding steroid dienone is 2. The first-order valence-electron chi connectivity index (χ1n) is 17.1. The number of amides is 1. The first kappa shape index (κ1) is 34.8. The maximum absolute atomic E-state index is 14.0. The number of carbonyl (C=O) groups excluding carboxylic acids is 2. The standard InChI is InChI=1S/C37H44N4O7S2/c1-4-21(8-10-42)35(45)48-36(2)9-7-23-19-49-50-20-28-26(16-39-3)18-41(28)32(43)12-25-17-40-31(38)13-27(25)34(23)37(36)15-24-11-22-5-6-33(44)46-29(22)14-30(24)47-37/h4-7,11,13-14,26,28,34,39-40,42H,8-10,12,15-20,38H2,1-3H3/b21-4+/t26-,28-,34+,36-,37-/m1/s1. The van der Waals surface area contributed by atoms with Crippen molar-refractivity contribution in [2.45, 2.75) is 56.8 Å². The molecule has 5 aliphatic rings. The molecule has 1 aromatic carbocycles. The third kappa shape index (κ3) is 6.05. The van der Waals surface area contributed by atoms with Gasteiger partial charge in [0.2, 0.25) is 5.91 Å². The molecule has 5 N–H and O–H groups in total. The lowest BCUT2D eigenvalue weighted by Crippen LogP contribution is -2.65. The van der Waals surface area contributed by atoms with Gasteiger partial charge >= 0.3 is 11.6 Å². The Kier molecular flexibility index (Phi) is 9.61. The van der Waals surface area contributed by atoms with E-state index in [0.717, 1.165) is 46.5 Å². The molecule has 0 saturated carbocycles. The van der Waals surface area contributed by atoms with Crippen molar-refractivity contribution in [3.8, 4) is 5.75 Å². The number of rotatable bonds is 6. The molecule has 2 aromatic rings. The molecule has 50 heavy (non-hydrogen) atoms. The van der Waals surface area contributed by atoms with E-state index < -0.39 is 28.7 Å². The summed E-state index contributed by atoms with van der Waals surface area (Å²) in [6.07, 6.45) is 6.93. The second-order valence-electron chi connectivity index (χ2n) is 13.9. The Hall–Kier alpha value is -3.65. The molecule has 13 heteroatoms. The number of hydrogen-bond donors (Lipinski definition) is 4. The van der Waals surface area contributed by atoms with E-state index in [1.807, 2.05) is 31.0 Å². The highest BCUT2D eigenvalue weighted by atomic mass is 33.1. The zero-order valence-corrected chi connectivity index (χ0v) is 30.2. The van der Waals surface area contributed by atoms with Gasteiger partial charge in [0.25, 0.3) is 0 Å². The lowest BCUT2D eigenvalue weighted by atomic mass is 9.61. The molecule has 1 aromatic heterocycles. The van der Waals surface area contributed by atoms with E-state index >= 15 is 0 Å². The SMILES string of the molecule is C/C=C(\CCO)C(=O)O[C@]1(C)CC=C2CSSC[C@@H]3[C@H](CNC)CN3C(=O)CC3=C(C=C(N)NC3)[C@H]2[C@]12Cc1cc3ccc(=O)oc3cc1O2. The Morgan fingerprint density at radius 2 is 2.12 bits per heavy atom. The molecule has 0 bridgehead atoms. The van der Waals surface area contributed by atoms with Gasteiger partial charge in [-0.2, -0.15) is 0 Å². The third-order valence-corrected chi connectivity index (χ3v) is 13.3. The molecule has 5 heterocycles. The molecular formula is C37H44N4O7S2. The molecule has 1 amide bonds. The van der Waals surface area contributed by atoms with Crippen LogP contribution in [0.3, 0.4) is 0 Å². The summed E-state index contributed by atoms with van der Waals surface area (Å²) in [7, 11) is 5.49. The minimum atomic E-state index is -1.19. The van der Waals surface area contributed by atoms with Crippen molar-refractivity contribution in [3.63, 3.8) is 0 Å². The van der Waals surface area contributed by atoms with Crippen molar-refractivity contribution in [3.05, 3.63) is 86.6 Å². The maximum Gasteiger partial charge on any atom is 0.336 e. The first-order chi connectivity index (χ1) is 24.1. The summed E-state index contributed by atoms with van der Waals surface area (Å²) in [5.41, 5.74) is 8.31. The lowest BCUT2D eigenvalue weighted by molar-refractivity contribution is -0.186. The van der Waals surface area contributed by atoms with Crippen molar-refractivity contribution in [2.24, 2.45) is 17.6 Å². The highest BCUT2D eigenvalue weighted by Gasteiger charge is 2.64. The summed E-state index contributed by atoms with van der Waals surface area (Å²) >= 11 is 0. The highest BCUT2D eigenvalue weighted by Crippen LogP contribution is 2.57. The van der Waals surface area contributed by atoms with Crippen LogP contribution in [0.1, 0.15) is 38.7 Å². The summed E-state index contributed by atoms with van der Waals surface area (Å²) in [6.45, 7) is 5.48. The second kappa shape index (κ2) is 13.8. The number of ether oxygens (including phenoxy) is 2. The fourth-order valence-electron chi connectivity index (χ4n) is 8.24. The number of fused-ring (bicyclic) bond motifs is 6. The monoisotopic (exact) mass is 720 g/mol. The van der Waals surface area contributed by atoms with Crippen LogP contribution < -0.4 is 26.7 Å². The lowest BCUT2D eigenvalue weighted by Gasteiger charge is -2.53. The highest BCUT2D eigenvalue weighted by molar-refractivity contribution is 8.76. The van der Waals surface area contributed by atoms with E-state index in [2.05, 4.69) is 16.7 Å². The topological polar surface area (TPSA) is 156 Å². The third-order valence-electron chi connectivity index (χ3n) is 11.0. The van der Waals surface area contributed by atoms with E-state index in [9.17, 15) is 19.5 Å². The van der Waals surface area contributed by atoms with Crippen LogP contribution in [0, 0.1) is 11.8 Å². The van der Waals surface area contributed by atoms with Crippen molar-refractivity contribution in [1.82, 2.24) is 15.5 Å². The van der Waals surface area contributed by atoms with Gasteiger partial charge in [0.15, 0.2) is 11.2 Å². The summed E-state index contributed by atoms with van der Waals surface area (Å²) in [6, 6.07) is 7.03. The predicted molar refractivity (Wildman–Crippen MR) is 195 cm³/mol. The van der Waals surface area contributed by atoms with E-state index in [-0.39, 0.29) is 31.4 Å². The molecule has 11 nitrogen and oxygen atoms in total. The average molecular weight is 721 g/mol. The van der Waals surface area contributed by atoms with Crippen LogP contribution in [-0.2, 0) is 20.7 Å². The van der Waals surface area contributed by atoms with Crippen LogP contribution in [0.15, 0.2) is 79.8 Å². The van der Waals surface area contributed by atoms with Gasteiger partial charge in [-0.25, -0.2) is 9.59 Å². The average Bonchev–Trinajstić information content (AvgIpc) is 3.45. The molecule has 1 aliphatic carbocycles. The molecule has 4 aliphatic heterocycles. The normalized spacial score (nSPS) is 29.6. The zero-order chi connectivity index (χ0) is 35.2. The number of carbonyl (C=O) groups is 2. The summed E-state index contributed by atoms with van der Waals surface area (Å²) in [5, 5.41) is 17.0. The van der Waals surface area contributed by atoms with Crippen molar-refractivity contribution >= 4 is 44.4 Å². The first-order valence-corrected chi connectivity index (χ1v) is 19.6. The molecule has 7 rings (SSSR count). The second-order valence-corrected chi connectivity index (χ2v) is 16.4. The number of nitrogens with two attached hydrogens (primary N) is 1. The smallest absolute Gasteiger partial charge is 0.336 e. The van der Waals surface area contributed by atoms with Gasteiger partial charge in [0, 0.05) is 92.1 Å². The van der Waals surface area contributed by atoms with E-state index in [1.165, 1.54) is 6.07 Å². The van der Waals surface area contributed by atoms with Crippen LogP contribution in [0.4, 0.5) is 0 Å². The number of nitrogens with zero attached hydrogens (tertiary/aromatic N) is 1. The van der Waals surface area contributed by atoms with Gasteiger partial charge in [-0.15, -0.1) is 0 Å². The van der Waals surface area contributed by atoms with E-state index in [1.54, 1.807) is 46.7 Å². The molecule has 5 atom stereocenters. The van der Waals surface area contributed by atoms with Crippen molar-refractivity contribution in [1.29, 1.82) is 0 Å². The van der Waals surface area contributed by atoms with Gasteiger partial charge < -0.3 is 40.3 Å². The number of aliphatic hydroxyl groups is 1. The number of esters is 1. The van der Waals surface area contributed by atoms with E-state index in [0.29, 0.717) is 53.8 Å².